The summed E-state index contributed by atoms with van der Waals surface area (Å²) in [5.41, 5.74) is 1.14. The van der Waals surface area contributed by atoms with Gasteiger partial charge in [0.1, 0.15) is 23.2 Å². The second-order valence-corrected chi connectivity index (χ2v) is 7.48. The number of nitrogens with zero attached hydrogens (tertiary/aromatic N) is 5. The van der Waals surface area contributed by atoms with E-state index in [9.17, 15) is 27.6 Å². The molecule has 1 aliphatic rings. The number of carbonyl (C=O) groups excluding carboxylic acids is 1. The highest BCUT2D eigenvalue weighted by molar-refractivity contribution is 6.00. The van der Waals surface area contributed by atoms with E-state index in [0.29, 0.717) is 17.1 Å². The molecule has 0 aliphatic carbocycles. The van der Waals surface area contributed by atoms with Gasteiger partial charge in [0.05, 0.1) is 30.6 Å². The average Bonchev–Trinajstić information content (AvgIpc) is 3.37. The highest BCUT2D eigenvalue weighted by Crippen LogP contribution is 2.36. The number of amides is 1. The predicted octanol–water partition coefficient (Wildman–Crippen LogP) is 3.69. The van der Waals surface area contributed by atoms with Crippen LogP contribution in [0.4, 0.5) is 17.6 Å². The van der Waals surface area contributed by atoms with Crippen LogP contribution in [0.2, 0.25) is 0 Å². The molecule has 0 saturated heterocycles. The van der Waals surface area contributed by atoms with Crippen molar-refractivity contribution in [2.24, 2.45) is 0 Å². The number of hydrogen-bond donors (Lipinski definition) is 0. The third-order valence-corrected chi connectivity index (χ3v) is 5.16. The predicted molar refractivity (Wildman–Crippen MR) is 109 cm³/mol. The smallest absolute Gasteiger partial charge is 0.422 e. The van der Waals surface area contributed by atoms with Gasteiger partial charge in [-0.25, -0.2) is 14.1 Å². The molecule has 2 aromatic heterocycles. The Labute approximate surface area is 190 Å². The molecular formula is C22H17F4N5O3. The molecule has 4 rings (SSSR count). The second-order valence-electron chi connectivity index (χ2n) is 7.48. The number of fused-ring (bicyclic) bond motifs is 1. The fourth-order valence-corrected chi connectivity index (χ4v) is 3.58. The molecule has 0 spiro atoms. The molecule has 12 heteroatoms. The van der Waals surface area contributed by atoms with E-state index in [4.69, 9.17) is 9.47 Å². The monoisotopic (exact) mass is 475 g/mol. The molecule has 0 atom stereocenters. The van der Waals surface area contributed by atoms with Crippen LogP contribution >= 0.6 is 0 Å². The molecule has 0 fully saturated rings. The quantitative estimate of drug-likeness (QED) is 0.523. The Balaban J connectivity index is 1.62. The third-order valence-electron chi connectivity index (χ3n) is 5.16. The zero-order valence-corrected chi connectivity index (χ0v) is 18.0. The fraction of sp³-hybridized carbons (Fsp3) is 0.273. The van der Waals surface area contributed by atoms with E-state index in [1.165, 1.54) is 41.8 Å². The standard InChI is InChI=1S/C22H17F4N5O3/c1-12-15(23)4-6-18(28-12)31-9-14-8-30(10-16(14)29-31)21(32)19-17(34-11-22(24,25)26)5-3-13(7-27)20(19)33-2/h3-6,9H,8,10-11H2,1-2H3. The molecule has 0 unspecified atom stereocenters. The lowest BCUT2D eigenvalue weighted by Gasteiger charge is -2.21. The minimum atomic E-state index is -4.62. The fourth-order valence-electron chi connectivity index (χ4n) is 3.58. The van der Waals surface area contributed by atoms with E-state index in [1.54, 1.807) is 6.20 Å². The summed E-state index contributed by atoms with van der Waals surface area (Å²) in [4.78, 5) is 18.8. The minimum absolute atomic E-state index is 0.0231. The van der Waals surface area contributed by atoms with Gasteiger partial charge in [-0.1, -0.05) is 0 Å². The summed E-state index contributed by atoms with van der Waals surface area (Å²) < 4.78 is 63.2. The van der Waals surface area contributed by atoms with Gasteiger partial charge in [0.2, 0.25) is 0 Å². The highest BCUT2D eigenvalue weighted by atomic mass is 19.4. The molecular weight excluding hydrogens is 458 g/mol. The van der Waals surface area contributed by atoms with Gasteiger partial charge in [0.25, 0.3) is 5.91 Å². The van der Waals surface area contributed by atoms with Crippen LogP contribution in [0.3, 0.4) is 0 Å². The average molecular weight is 475 g/mol. The van der Waals surface area contributed by atoms with Gasteiger partial charge in [0.15, 0.2) is 18.2 Å². The Kier molecular flexibility index (Phi) is 5.87. The van der Waals surface area contributed by atoms with E-state index >= 15 is 0 Å². The van der Waals surface area contributed by atoms with Crippen molar-refractivity contribution >= 4 is 5.91 Å². The van der Waals surface area contributed by atoms with Gasteiger partial charge < -0.3 is 14.4 Å². The molecule has 1 amide bonds. The first-order valence-corrected chi connectivity index (χ1v) is 9.92. The number of pyridine rings is 1. The number of hydrogen-bond acceptors (Lipinski definition) is 6. The van der Waals surface area contributed by atoms with Crippen LogP contribution in [0.1, 0.15) is 32.9 Å². The summed E-state index contributed by atoms with van der Waals surface area (Å²) >= 11 is 0. The van der Waals surface area contributed by atoms with Crippen LogP contribution in [0.25, 0.3) is 5.82 Å². The van der Waals surface area contributed by atoms with Gasteiger partial charge in [0, 0.05) is 18.3 Å². The normalized spacial score (nSPS) is 12.9. The van der Waals surface area contributed by atoms with Gasteiger partial charge in [-0.2, -0.15) is 23.5 Å². The number of benzene rings is 1. The van der Waals surface area contributed by atoms with Crippen molar-refractivity contribution in [1.82, 2.24) is 19.7 Å². The number of aryl methyl sites for hydroxylation is 1. The maximum absolute atomic E-state index is 13.5. The van der Waals surface area contributed by atoms with Crippen LogP contribution in [-0.2, 0) is 13.1 Å². The number of carbonyl (C=O) groups is 1. The van der Waals surface area contributed by atoms with E-state index in [-0.39, 0.29) is 41.4 Å². The van der Waals surface area contributed by atoms with Crippen molar-refractivity contribution in [3.8, 4) is 23.4 Å². The topological polar surface area (TPSA) is 93.3 Å². The van der Waals surface area contributed by atoms with Crippen molar-refractivity contribution in [3.63, 3.8) is 0 Å². The number of methoxy groups -OCH3 is 1. The Bertz CT molecular complexity index is 1290. The molecule has 0 radical (unpaired) electrons. The van der Waals surface area contributed by atoms with Gasteiger partial charge in [-0.05, 0) is 31.2 Å². The van der Waals surface area contributed by atoms with Crippen LogP contribution in [0.15, 0.2) is 30.5 Å². The highest BCUT2D eigenvalue weighted by Gasteiger charge is 2.34. The lowest BCUT2D eigenvalue weighted by Crippen LogP contribution is -2.28. The molecule has 1 aromatic carbocycles. The molecule has 8 nitrogen and oxygen atoms in total. The molecule has 0 saturated carbocycles. The minimum Gasteiger partial charge on any atom is -0.494 e. The van der Waals surface area contributed by atoms with Crippen molar-refractivity contribution in [3.05, 3.63) is 64.4 Å². The van der Waals surface area contributed by atoms with Gasteiger partial charge >= 0.3 is 6.18 Å². The molecule has 0 N–H and O–H groups in total. The zero-order valence-electron chi connectivity index (χ0n) is 18.0. The van der Waals surface area contributed by atoms with Crippen molar-refractivity contribution < 1.29 is 31.8 Å². The van der Waals surface area contributed by atoms with Crippen LogP contribution in [-0.4, -0.2) is 45.5 Å². The van der Waals surface area contributed by atoms with E-state index in [0.717, 1.165) is 6.07 Å². The second kappa shape index (κ2) is 8.66. The maximum atomic E-state index is 13.5. The van der Waals surface area contributed by atoms with E-state index < -0.39 is 24.5 Å². The number of nitriles is 1. The third kappa shape index (κ3) is 4.36. The Morgan fingerprint density at radius 3 is 2.62 bits per heavy atom. The number of ether oxygens (including phenoxy) is 2. The largest absolute Gasteiger partial charge is 0.494 e. The van der Waals surface area contributed by atoms with Crippen LogP contribution in [0.5, 0.6) is 11.5 Å². The molecule has 3 aromatic rings. The molecule has 3 heterocycles. The Morgan fingerprint density at radius 2 is 2.00 bits per heavy atom. The van der Waals surface area contributed by atoms with Crippen molar-refractivity contribution in [1.29, 1.82) is 5.26 Å². The molecule has 34 heavy (non-hydrogen) atoms. The number of rotatable bonds is 5. The number of aromatic nitrogens is 3. The summed E-state index contributed by atoms with van der Waals surface area (Å²) in [7, 11) is 1.21. The summed E-state index contributed by atoms with van der Waals surface area (Å²) in [6.45, 7) is 0.0732. The lowest BCUT2D eigenvalue weighted by molar-refractivity contribution is -0.153. The molecule has 1 aliphatic heterocycles. The first kappa shape index (κ1) is 23.0. The summed E-state index contributed by atoms with van der Waals surface area (Å²) in [6.07, 6.45) is -2.98. The first-order chi connectivity index (χ1) is 16.1. The molecule has 176 valence electrons. The van der Waals surface area contributed by atoms with Crippen molar-refractivity contribution in [2.75, 3.05) is 13.7 Å². The summed E-state index contributed by atoms with van der Waals surface area (Å²) in [5.74, 6) is -1.24. The Morgan fingerprint density at radius 1 is 1.24 bits per heavy atom. The summed E-state index contributed by atoms with van der Waals surface area (Å²) in [6, 6.07) is 6.96. The zero-order chi connectivity index (χ0) is 24.6. The number of halogens is 4. The molecule has 0 bridgehead atoms. The van der Waals surface area contributed by atoms with Crippen molar-refractivity contribution in [2.45, 2.75) is 26.2 Å². The van der Waals surface area contributed by atoms with E-state index in [1.807, 2.05) is 6.07 Å². The van der Waals surface area contributed by atoms with Crippen LogP contribution in [0, 0.1) is 24.1 Å². The SMILES string of the molecule is COc1c(C#N)ccc(OCC(F)(F)F)c1C(=O)N1Cc2cn(-c3ccc(F)c(C)n3)nc2C1. The van der Waals surface area contributed by atoms with Crippen LogP contribution < -0.4 is 9.47 Å². The van der Waals surface area contributed by atoms with E-state index in [2.05, 4.69) is 10.1 Å². The first-order valence-electron chi connectivity index (χ1n) is 9.92. The number of alkyl halides is 3. The maximum Gasteiger partial charge on any atom is 0.422 e. The Hall–Kier alpha value is -4.14. The lowest BCUT2D eigenvalue weighted by atomic mass is 10.1. The van der Waals surface area contributed by atoms with Gasteiger partial charge in [-0.3, -0.25) is 4.79 Å². The summed E-state index contributed by atoms with van der Waals surface area (Å²) in [5, 5.41) is 13.7. The van der Waals surface area contributed by atoms with Gasteiger partial charge in [-0.15, -0.1) is 0 Å².